The number of esters is 1. The van der Waals surface area contributed by atoms with Crippen LogP contribution >= 0.6 is 0 Å². The van der Waals surface area contributed by atoms with Crippen LogP contribution in [-0.4, -0.2) is 19.7 Å². The molecule has 4 nitrogen and oxygen atoms in total. The third kappa shape index (κ3) is 2.37. The lowest BCUT2D eigenvalue weighted by Crippen LogP contribution is -2.07. The highest BCUT2D eigenvalue weighted by molar-refractivity contribution is 5.91. The first-order valence-electron chi connectivity index (χ1n) is 4.40. The van der Waals surface area contributed by atoms with Crippen molar-refractivity contribution < 1.29 is 18.7 Å². The highest BCUT2D eigenvalue weighted by Crippen LogP contribution is 2.26. The third-order valence-electron chi connectivity index (χ3n) is 1.79. The maximum Gasteiger partial charge on any atom is 0.338 e. The van der Waals surface area contributed by atoms with Gasteiger partial charge in [-0.2, -0.15) is 0 Å². The van der Waals surface area contributed by atoms with Crippen LogP contribution in [0.15, 0.2) is 12.1 Å². The number of carbonyl (C=O) groups excluding carboxylic acids is 1. The molecule has 5 heteroatoms. The van der Waals surface area contributed by atoms with Crippen molar-refractivity contribution in [2.45, 2.75) is 6.92 Å². The van der Waals surface area contributed by atoms with Crippen molar-refractivity contribution in [3.8, 4) is 5.75 Å². The van der Waals surface area contributed by atoms with Gasteiger partial charge in [-0.3, -0.25) is 0 Å². The predicted molar refractivity (Wildman–Crippen MR) is 53.3 cm³/mol. The summed E-state index contributed by atoms with van der Waals surface area (Å²) in [6.07, 6.45) is 0. The lowest BCUT2D eigenvalue weighted by Gasteiger charge is -2.08. The molecule has 0 spiro atoms. The summed E-state index contributed by atoms with van der Waals surface area (Å²) in [6, 6.07) is 2.35. The molecule has 1 aromatic carbocycles. The predicted octanol–water partition coefficient (Wildman–Crippen LogP) is 1.59. The summed E-state index contributed by atoms with van der Waals surface area (Å²) in [7, 11) is 1.30. The molecule has 0 heterocycles. The van der Waals surface area contributed by atoms with Crippen molar-refractivity contribution >= 4 is 11.7 Å². The van der Waals surface area contributed by atoms with E-state index in [1.807, 2.05) is 0 Å². The molecule has 0 aromatic heterocycles. The molecule has 0 fully saturated rings. The first-order valence-corrected chi connectivity index (χ1v) is 4.40. The summed E-state index contributed by atoms with van der Waals surface area (Å²) < 4.78 is 22.7. The maximum absolute atomic E-state index is 13.3. The van der Waals surface area contributed by atoms with Crippen LogP contribution in [0.2, 0.25) is 0 Å². The molecule has 0 unspecified atom stereocenters. The van der Waals surface area contributed by atoms with Gasteiger partial charge in [-0.25, -0.2) is 9.18 Å². The lowest BCUT2D eigenvalue weighted by atomic mass is 10.2. The Morgan fingerprint density at radius 3 is 2.67 bits per heavy atom. The molecule has 82 valence electrons. The van der Waals surface area contributed by atoms with Crippen LogP contribution in [0, 0.1) is 5.82 Å². The lowest BCUT2D eigenvalue weighted by molar-refractivity contribution is 0.0526. The Morgan fingerprint density at radius 2 is 2.20 bits per heavy atom. The van der Waals surface area contributed by atoms with Gasteiger partial charge in [0.15, 0.2) is 11.6 Å². The quantitative estimate of drug-likeness (QED) is 0.611. The van der Waals surface area contributed by atoms with Gasteiger partial charge >= 0.3 is 5.97 Å². The van der Waals surface area contributed by atoms with E-state index in [0.29, 0.717) is 0 Å². The van der Waals surface area contributed by atoms with Crippen LogP contribution in [0.5, 0.6) is 5.75 Å². The molecule has 0 aliphatic heterocycles. The second-order valence-electron chi connectivity index (χ2n) is 2.80. The molecule has 2 N–H and O–H groups in total. The van der Waals surface area contributed by atoms with Crippen molar-refractivity contribution in [2.24, 2.45) is 0 Å². The van der Waals surface area contributed by atoms with E-state index >= 15 is 0 Å². The molecule has 0 saturated carbocycles. The molecule has 15 heavy (non-hydrogen) atoms. The summed E-state index contributed by atoms with van der Waals surface area (Å²) in [4.78, 5) is 11.3. The minimum atomic E-state index is -0.680. The molecule has 0 radical (unpaired) electrons. The van der Waals surface area contributed by atoms with Crippen molar-refractivity contribution in [3.05, 3.63) is 23.5 Å². The fourth-order valence-electron chi connectivity index (χ4n) is 1.16. The maximum atomic E-state index is 13.3. The van der Waals surface area contributed by atoms with E-state index in [9.17, 15) is 9.18 Å². The smallest absolute Gasteiger partial charge is 0.338 e. The average molecular weight is 213 g/mol. The summed E-state index contributed by atoms with van der Waals surface area (Å²) in [5.41, 5.74) is 5.64. The van der Waals surface area contributed by atoms with E-state index in [0.717, 1.165) is 6.07 Å². The van der Waals surface area contributed by atoms with Gasteiger partial charge in [0.05, 0.1) is 25.0 Å². The minimum absolute atomic E-state index is 0.0666. The van der Waals surface area contributed by atoms with Gasteiger partial charge in [0.25, 0.3) is 0 Å². The minimum Gasteiger partial charge on any atom is -0.492 e. The SMILES string of the molecule is CCOC(=O)c1cc(N)c(OC)c(F)c1. The average Bonchev–Trinajstić information content (AvgIpc) is 2.17. The van der Waals surface area contributed by atoms with Gasteiger partial charge in [0.1, 0.15) is 0 Å². The van der Waals surface area contributed by atoms with Crippen molar-refractivity contribution in [1.29, 1.82) is 0 Å². The van der Waals surface area contributed by atoms with E-state index in [1.165, 1.54) is 13.2 Å². The van der Waals surface area contributed by atoms with Gasteiger partial charge in [-0.15, -0.1) is 0 Å². The fourth-order valence-corrected chi connectivity index (χ4v) is 1.16. The summed E-state index contributed by atoms with van der Waals surface area (Å²) >= 11 is 0. The zero-order valence-electron chi connectivity index (χ0n) is 8.54. The number of anilines is 1. The summed E-state index contributed by atoms with van der Waals surface area (Å²) in [5.74, 6) is -1.35. The molecule has 0 bridgehead atoms. The number of methoxy groups -OCH3 is 1. The molecule has 1 aromatic rings. The number of nitrogen functional groups attached to an aromatic ring is 1. The second-order valence-corrected chi connectivity index (χ2v) is 2.80. The first kappa shape index (κ1) is 11.3. The van der Waals surface area contributed by atoms with E-state index in [-0.39, 0.29) is 23.6 Å². The Bertz CT molecular complexity index is 356. The highest BCUT2D eigenvalue weighted by atomic mass is 19.1. The van der Waals surface area contributed by atoms with Crippen molar-refractivity contribution in [3.63, 3.8) is 0 Å². The van der Waals surface area contributed by atoms with Crippen LogP contribution in [0.3, 0.4) is 0 Å². The molecule has 1 rings (SSSR count). The summed E-state index contributed by atoms with van der Waals surface area (Å²) in [5, 5.41) is 0. The van der Waals surface area contributed by atoms with Crippen LogP contribution in [-0.2, 0) is 4.74 Å². The molecule has 0 aliphatic carbocycles. The monoisotopic (exact) mass is 213 g/mol. The molecule has 0 amide bonds. The van der Waals surface area contributed by atoms with Gasteiger partial charge in [-0.1, -0.05) is 0 Å². The topological polar surface area (TPSA) is 61.5 Å². The molecule has 0 aliphatic rings. The van der Waals surface area contributed by atoms with E-state index in [2.05, 4.69) is 0 Å². The molecular formula is C10H12FNO3. The molecular weight excluding hydrogens is 201 g/mol. The first-order chi connectivity index (χ1) is 7.10. The van der Waals surface area contributed by atoms with Crippen LogP contribution < -0.4 is 10.5 Å². The Hall–Kier alpha value is -1.78. The highest BCUT2D eigenvalue weighted by Gasteiger charge is 2.14. The number of hydrogen-bond acceptors (Lipinski definition) is 4. The number of hydrogen-bond donors (Lipinski definition) is 1. The van der Waals surface area contributed by atoms with Gasteiger partial charge in [0, 0.05) is 0 Å². The third-order valence-corrected chi connectivity index (χ3v) is 1.79. The fraction of sp³-hybridized carbons (Fsp3) is 0.300. The Balaban J connectivity index is 3.08. The number of ether oxygens (including phenoxy) is 2. The molecule has 0 saturated heterocycles. The van der Waals surface area contributed by atoms with Crippen LogP contribution in [0.25, 0.3) is 0 Å². The zero-order chi connectivity index (χ0) is 11.4. The molecule has 0 atom stereocenters. The van der Waals surface area contributed by atoms with Gasteiger partial charge < -0.3 is 15.2 Å². The number of rotatable bonds is 3. The van der Waals surface area contributed by atoms with E-state index in [4.69, 9.17) is 15.2 Å². The van der Waals surface area contributed by atoms with Crippen molar-refractivity contribution in [1.82, 2.24) is 0 Å². The Morgan fingerprint density at radius 1 is 1.53 bits per heavy atom. The second kappa shape index (κ2) is 4.63. The number of nitrogens with two attached hydrogens (primary N) is 1. The zero-order valence-corrected chi connectivity index (χ0v) is 8.54. The number of carbonyl (C=O) groups is 1. The Labute approximate surface area is 86.8 Å². The van der Waals surface area contributed by atoms with Gasteiger partial charge in [0.2, 0.25) is 0 Å². The number of benzene rings is 1. The standard InChI is InChI=1S/C10H12FNO3/c1-3-15-10(13)6-4-7(11)9(14-2)8(12)5-6/h4-5H,3,12H2,1-2H3. The number of halogens is 1. The largest absolute Gasteiger partial charge is 0.492 e. The van der Waals surface area contributed by atoms with Gasteiger partial charge in [-0.05, 0) is 19.1 Å². The van der Waals surface area contributed by atoms with Crippen LogP contribution in [0.4, 0.5) is 10.1 Å². The van der Waals surface area contributed by atoms with Crippen LogP contribution in [0.1, 0.15) is 17.3 Å². The normalized spacial score (nSPS) is 9.80. The van der Waals surface area contributed by atoms with E-state index in [1.54, 1.807) is 6.92 Å². The Kier molecular flexibility index (Phi) is 3.49. The summed E-state index contributed by atoms with van der Waals surface area (Å²) in [6.45, 7) is 1.90. The van der Waals surface area contributed by atoms with E-state index < -0.39 is 11.8 Å². The van der Waals surface area contributed by atoms with Crippen molar-refractivity contribution in [2.75, 3.05) is 19.5 Å².